The molecule has 0 aromatic heterocycles. The van der Waals surface area contributed by atoms with Gasteiger partial charge in [-0.3, -0.25) is 9.59 Å². The summed E-state index contributed by atoms with van der Waals surface area (Å²) < 4.78 is 11.0. The van der Waals surface area contributed by atoms with E-state index in [1.165, 1.54) is 7.11 Å². The lowest BCUT2D eigenvalue weighted by Gasteiger charge is -2.17. The maximum atomic E-state index is 12.6. The number of ether oxygens (including phenoxy) is 2. The third kappa shape index (κ3) is 4.17. The van der Waals surface area contributed by atoms with Crippen LogP contribution in [0.15, 0.2) is 18.2 Å². The molecule has 2 amide bonds. The lowest BCUT2D eigenvalue weighted by molar-refractivity contribution is -0.127. The average molecular weight is 335 g/mol. The molecule has 1 fully saturated rings. The zero-order valence-corrected chi connectivity index (χ0v) is 14.2. The van der Waals surface area contributed by atoms with Crippen molar-refractivity contribution in [3.8, 4) is 11.5 Å². The summed E-state index contributed by atoms with van der Waals surface area (Å²) in [6, 6.07) is 4.98. The van der Waals surface area contributed by atoms with Crippen LogP contribution in [0.25, 0.3) is 0 Å². The highest BCUT2D eigenvalue weighted by atomic mass is 16.5. The Labute approximate surface area is 142 Å². The third-order valence-corrected chi connectivity index (χ3v) is 3.97. The second kappa shape index (κ2) is 8.54. The monoisotopic (exact) mass is 335 g/mol. The number of nitrogens with one attached hydrogen (secondary N) is 1. The predicted octanol–water partition coefficient (Wildman–Crippen LogP) is 0.773. The Morgan fingerprint density at radius 3 is 2.88 bits per heavy atom. The summed E-state index contributed by atoms with van der Waals surface area (Å²) in [6.45, 7) is 4.02. The Morgan fingerprint density at radius 1 is 1.46 bits per heavy atom. The lowest BCUT2D eigenvalue weighted by Crippen LogP contribution is -2.37. The van der Waals surface area contributed by atoms with Crippen LogP contribution in [0.5, 0.6) is 11.5 Å². The van der Waals surface area contributed by atoms with Crippen molar-refractivity contribution in [2.24, 2.45) is 5.73 Å². The largest absolute Gasteiger partial charge is 0.493 e. The quantitative estimate of drug-likeness (QED) is 0.685. The molecule has 0 spiro atoms. The van der Waals surface area contributed by atoms with Crippen LogP contribution >= 0.6 is 0 Å². The number of benzene rings is 1. The Bertz CT molecular complexity index is 591. The van der Waals surface area contributed by atoms with Gasteiger partial charge in [-0.15, -0.1) is 0 Å². The smallest absolute Gasteiger partial charge is 0.255 e. The number of carbonyl (C=O) groups is 2. The van der Waals surface area contributed by atoms with Gasteiger partial charge in [-0.05, 0) is 32.0 Å². The van der Waals surface area contributed by atoms with Crippen LogP contribution in [-0.2, 0) is 4.79 Å². The number of rotatable bonds is 8. The molecule has 1 aromatic carbocycles. The third-order valence-electron chi connectivity index (χ3n) is 3.97. The molecule has 7 nitrogen and oxygen atoms in total. The van der Waals surface area contributed by atoms with Gasteiger partial charge in [-0.25, -0.2) is 0 Å². The van der Waals surface area contributed by atoms with Crippen LogP contribution in [0.2, 0.25) is 0 Å². The second-order valence-corrected chi connectivity index (χ2v) is 5.63. The molecule has 1 atom stereocenters. The number of carbonyl (C=O) groups excluding carboxylic acids is 2. The molecular weight excluding hydrogens is 310 g/mol. The molecule has 3 N–H and O–H groups in total. The van der Waals surface area contributed by atoms with E-state index in [4.69, 9.17) is 15.2 Å². The van der Waals surface area contributed by atoms with Gasteiger partial charge in [0.2, 0.25) is 5.91 Å². The van der Waals surface area contributed by atoms with E-state index in [9.17, 15) is 9.59 Å². The molecule has 1 aliphatic heterocycles. The number of para-hydroxylation sites is 1. The fourth-order valence-electron chi connectivity index (χ4n) is 2.70. The van der Waals surface area contributed by atoms with Crippen molar-refractivity contribution < 1.29 is 19.1 Å². The maximum Gasteiger partial charge on any atom is 0.255 e. The molecule has 0 unspecified atom stereocenters. The highest BCUT2D eigenvalue weighted by molar-refractivity contribution is 5.98. The first-order valence-electron chi connectivity index (χ1n) is 8.19. The van der Waals surface area contributed by atoms with Crippen LogP contribution in [0, 0.1) is 0 Å². The molecule has 0 aliphatic carbocycles. The summed E-state index contributed by atoms with van der Waals surface area (Å²) in [7, 11) is 1.53. The van der Waals surface area contributed by atoms with E-state index >= 15 is 0 Å². The van der Waals surface area contributed by atoms with Gasteiger partial charge in [-0.2, -0.15) is 0 Å². The van der Waals surface area contributed by atoms with E-state index in [0.29, 0.717) is 56.1 Å². The summed E-state index contributed by atoms with van der Waals surface area (Å²) in [6.07, 6.45) is 1.01. The van der Waals surface area contributed by atoms with Crippen molar-refractivity contribution in [3.05, 3.63) is 23.8 Å². The number of methoxy groups -OCH3 is 1. The van der Waals surface area contributed by atoms with Gasteiger partial charge in [0.25, 0.3) is 5.91 Å². The van der Waals surface area contributed by atoms with Gasteiger partial charge in [0.15, 0.2) is 11.5 Å². The number of hydrogen-bond acceptors (Lipinski definition) is 5. The van der Waals surface area contributed by atoms with Gasteiger partial charge >= 0.3 is 0 Å². The first-order chi connectivity index (χ1) is 11.6. The summed E-state index contributed by atoms with van der Waals surface area (Å²) in [4.78, 5) is 26.1. The number of nitrogens with zero attached hydrogens (tertiary/aromatic N) is 1. The molecular formula is C17H25N3O4. The Hall–Kier alpha value is -2.28. The van der Waals surface area contributed by atoms with Crippen molar-refractivity contribution in [1.82, 2.24) is 10.2 Å². The minimum Gasteiger partial charge on any atom is -0.493 e. The standard InChI is InChI=1S/C17H25N3O4/c1-3-20-11-12(10-15(20)21)19-17(22)13-6-4-7-14(23-2)16(13)24-9-5-8-18/h4,6-7,12H,3,5,8-11,18H2,1-2H3,(H,19,22)/t12-/m1/s1. The lowest BCUT2D eigenvalue weighted by atomic mass is 10.1. The van der Waals surface area contributed by atoms with Crippen LogP contribution in [0.1, 0.15) is 30.1 Å². The van der Waals surface area contributed by atoms with Crippen LogP contribution in [-0.4, -0.2) is 56.1 Å². The van der Waals surface area contributed by atoms with Crippen molar-refractivity contribution in [1.29, 1.82) is 0 Å². The van der Waals surface area contributed by atoms with Gasteiger partial charge < -0.3 is 25.4 Å². The fraction of sp³-hybridized carbons (Fsp3) is 0.529. The summed E-state index contributed by atoms with van der Waals surface area (Å²) >= 11 is 0. The van der Waals surface area contributed by atoms with Crippen molar-refractivity contribution in [2.75, 3.05) is 33.4 Å². The van der Waals surface area contributed by atoms with E-state index < -0.39 is 0 Å². The number of likely N-dealkylation sites (tertiary alicyclic amines) is 1. The zero-order chi connectivity index (χ0) is 17.5. The molecule has 0 radical (unpaired) electrons. The second-order valence-electron chi connectivity index (χ2n) is 5.63. The number of likely N-dealkylation sites (N-methyl/N-ethyl adjacent to an activating group) is 1. The maximum absolute atomic E-state index is 12.6. The van der Waals surface area contributed by atoms with Crippen LogP contribution < -0.4 is 20.5 Å². The summed E-state index contributed by atoms with van der Waals surface area (Å²) in [5.74, 6) is 0.695. The molecule has 0 bridgehead atoms. The number of amides is 2. The first kappa shape index (κ1) is 18.1. The van der Waals surface area contributed by atoms with Gasteiger partial charge in [0, 0.05) is 19.5 Å². The Morgan fingerprint density at radius 2 is 2.25 bits per heavy atom. The average Bonchev–Trinajstić information content (AvgIpc) is 2.94. The highest BCUT2D eigenvalue weighted by Crippen LogP contribution is 2.31. The van der Waals surface area contributed by atoms with Crippen LogP contribution in [0.3, 0.4) is 0 Å². The number of nitrogens with two attached hydrogens (primary N) is 1. The highest BCUT2D eigenvalue weighted by Gasteiger charge is 2.30. The minimum atomic E-state index is -0.271. The molecule has 2 rings (SSSR count). The van der Waals surface area contributed by atoms with Crippen molar-refractivity contribution in [2.45, 2.75) is 25.8 Å². The van der Waals surface area contributed by atoms with Crippen molar-refractivity contribution >= 4 is 11.8 Å². The van der Waals surface area contributed by atoms with E-state index in [-0.39, 0.29) is 17.9 Å². The molecule has 0 saturated carbocycles. The van der Waals surface area contributed by atoms with Gasteiger partial charge in [0.05, 0.1) is 25.3 Å². The number of hydrogen-bond donors (Lipinski definition) is 2. The molecule has 7 heteroatoms. The van der Waals surface area contributed by atoms with Gasteiger partial charge in [0.1, 0.15) is 0 Å². The van der Waals surface area contributed by atoms with Crippen molar-refractivity contribution in [3.63, 3.8) is 0 Å². The van der Waals surface area contributed by atoms with E-state index in [1.54, 1.807) is 23.1 Å². The fourth-order valence-corrected chi connectivity index (χ4v) is 2.70. The molecule has 1 aromatic rings. The predicted molar refractivity (Wildman–Crippen MR) is 90.3 cm³/mol. The SMILES string of the molecule is CCN1C[C@H](NC(=O)c2cccc(OC)c2OCCCN)CC1=O. The Balaban J connectivity index is 2.12. The normalized spacial score (nSPS) is 17.0. The minimum absolute atomic E-state index is 0.0628. The molecule has 1 heterocycles. The first-order valence-corrected chi connectivity index (χ1v) is 8.19. The summed E-state index contributed by atoms with van der Waals surface area (Å²) in [5.41, 5.74) is 5.88. The van der Waals surface area contributed by atoms with Crippen LogP contribution in [0.4, 0.5) is 0 Å². The van der Waals surface area contributed by atoms with E-state index in [1.807, 2.05) is 6.92 Å². The molecule has 1 saturated heterocycles. The molecule has 24 heavy (non-hydrogen) atoms. The van der Waals surface area contributed by atoms with E-state index in [2.05, 4.69) is 5.32 Å². The van der Waals surface area contributed by atoms with E-state index in [0.717, 1.165) is 0 Å². The molecule has 1 aliphatic rings. The summed E-state index contributed by atoms with van der Waals surface area (Å²) in [5, 5.41) is 2.91. The zero-order valence-electron chi connectivity index (χ0n) is 14.2. The van der Waals surface area contributed by atoms with Gasteiger partial charge in [-0.1, -0.05) is 6.07 Å². The topological polar surface area (TPSA) is 93.9 Å². The molecule has 132 valence electrons. The Kier molecular flexibility index (Phi) is 6.43.